The van der Waals surface area contributed by atoms with Gasteiger partial charge in [0, 0.05) is 16.2 Å². The van der Waals surface area contributed by atoms with Crippen molar-refractivity contribution in [3.8, 4) is 17.2 Å². The lowest BCUT2D eigenvalue weighted by molar-refractivity contribution is 0.0590. The average molecular weight is 471 g/mol. The third kappa shape index (κ3) is 3.16. The normalized spacial score (nSPS) is 10.9. The predicted octanol–water partition coefficient (Wildman–Crippen LogP) is 5.28. The van der Waals surface area contributed by atoms with Gasteiger partial charge in [0.25, 0.3) is 0 Å². The lowest BCUT2D eigenvalue weighted by Crippen LogP contribution is -2.06. The molecule has 1 heterocycles. The molecule has 0 spiro atoms. The molecule has 0 amide bonds. The van der Waals surface area contributed by atoms with Gasteiger partial charge >= 0.3 is 5.97 Å². The van der Waals surface area contributed by atoms with E-state index in [1.54, 1.807) is 18.2 Å². The van der Waals surface area contributed by atoms with Crippen LogP contribution in [0.1, 0.15) is 10.5 Å². The van der Waals surface area contributed by atoms with Crippen molar-refractivity contribution in [3.63, 3.8) is 0 Å². The topological polar surface area (TPSA) is 68.7 Å². The molecule has 6 heteroatoms. The highest BCUT2D eigenvalue weighted by Gasteiger charge is 2.19. The van der Waals surface area contributed by atoms with Crippen molar-refractivity contribution < 1.29 is 19.4 Å². The maximum atomic E-state index is 11.8. The summed E-state index contributed by atoms with van der Waals surface area (Å²) in [5.74, 6) is 0.479. The fourth-order valence-electron chi connectivity index (χ4n) is 2.95. The number of rotatable bonds is 3. The number of aromatic nitrogens is 1. The number of pyridine rings is 1. The Morgan fingerprint density at radius 2 is 1.78 bits per heavy atom. The molecule has 27 heavy (non-hydrogen) atoms. The summed E-state index contributed by atoms with van der Waals surface area (Å²) in [6.07, 6.45) is 0. The molecule has 5 nitrogen and oxygen atoms in total. The number of carbonyl (C=O) groups is 1. The van der Waals surface area contributed by atoms with Crippen LogP contribution in [0.15, 0.2) is 60.7 Å². The third-order valence-electron chi connectivity index (χ3n) is 4.26. The minimum absolute atomic E-state index is 0.0999. The van der Waals surface area contributed by atoms with Gasteiger partial charge in [0.2, 0.25) is 0 Å². The minimum Gasteiger partial charge on any atom is -0.505 e. The molecule has 0 aliphatic rings. The molecule has 0 aliphatic heterocycles. The summed E-state index contributed by atoms with van der Waals surface area (Å²) >= 11 is 2.03. The predicted molar refractivity (Wildman–Crippen MR) is 111 cm³/mol. The molecular formula is C21H14INO4. The van der Waals surface area contributed by atoms with E-state index in [1.165, 1.54) is 7.11 Å². The van der Waals surface area contributed by atoms with Crippen molar-refractivity contribution in [3.05, 3.63) is 70.1 Å². The first-order valence-corrected chi connectivity index (χ1v) is 9.22. The lowest BCUT2D eigenvalue weighted by Gasteiger charge is -2.12. The highest BCUT2D eigenvalue weighted by molar-refractivity contribution is 14.1. The van der Waals surface area contributed by atoms with Crippen molar-refractivity contribution in [2.45, 2.75) is 0 Å². The highest BCUT2D eigenvalue weighted by Crippen LogP contribution is 2.36. The first-order valence-electron chi connectivity index (χ1n) is 8.14. The Hall–Kier alpha value is -2.87. The van der Waals surface area contributed by atoms with Gasteiger partial charge in [-0.15, -0.1) is 0 Å². The van der Waals surface area contributed by atoms with Crippen LogP contribution in [0.3, 0.4) is 0 Å². The van der Waals surface area contributed by atoms with Crippen LogP contribution in [0.5, 0.6) is 17.2 Å². The number of hydrogen-bond acceptors (Lipinski definition) is 5. The molecule has 0 fully saturated rings. The number of halogens is 1. The highest BCUT2D eigenvalue weighted by atomic mass is 127. The second kappa shape index (κ2) is 7.03. The van der Waals surface area contributed by atoms with Gasteiger partial charge < -0.3 is 14.6 Å². The zero-order valence-electron chi connectivity index (χ0n) is 14.3. The van der Waals surface area contributed by atoms with Crippen molar-refractivity contribution in [1.82, 2.24) is 4.98 Å². The van der Waals surface area contributed by atoms with E-state index in [9.17, 15) is 9.90 Å². The standard InChI is InChI=1S/C21H14INO4/c1-26-21(25)18-19(24)15-10-9-13(11-16(15)20(22)23-18)27-17-8-4-6-12-5-2-3-7-14(12)17/h2-11,24H,1H3. The average Bonchev–Trinajstić information content (AvgIpc) is 2.70. The Bertz CT molecular complexity index is 1180. The van der Waals surface area contributed by atoms with Crippen LogP contribution in [-0.2, 0) is 4.74 Å². The maximum absolute atomic E-state index is 11.8. The number of aromatic hydroxyl groups is 1. The first kappa shape index (κ1) is 17.5. The fourth-order valence-corrected chi connectivity index (χ4v) is 3.64. The molecule has 0 aliphatic carbocycles. The maximum Gasteiger partial charge on any atom is 0.360 e. The number of nitrogens with zero attached hydrogens (tertiary/aromatic N) is 1. The molecule has 1 aromatic heterocycles. The molecule has 0 saturated heterocycles. The monoisotopic (exact) mass is 471 g/mol. The van der Waals surface area contributed by atoms with Crippen LogP contribution in [-0.4, -0.2) is 23.2 Å². The van der Waals surface area contributed by atoms with Gasteiger partial charge in [-0.05, 0) is 52.2 Å². The third-order valence-corrected chi connectivity index (χ3v) is 5.08. The van der Waals surface area contributed by atoms with Gasteiger partial charge in [0.05, 0.1) is 7.11 Å². The quantitative estimate of drug-likeness (QED) is 0.250. The summed E-state index contributed by atoms with van der Waals surface area (Å²) in [5, 5.41) is 13.7. The number of ether oxygens (including phenoxy) is 2. The summed E-state index contributed by atoms with van der Waals surface area (Å²) < 4.78 is 11.3. The second-order valence-electron chi connectivity index (χ2n) is 5.88. The van der Waals surface area contributed by atoms with E-state index < -0.39 is 5.97 Å². The van der Waals surface area contributed by atoms with Crippen molar-refractivity contribution in [2.75, 3.05) is 7.11 Å². The zero-order valence-corrected chi connectivity index (χ0v) is 16.4. The number of fused-ring (bicyclic) bond motifs is 2. The van der Waals surface area contributed by atoms with Gasteiger partial charge in [-0.1, -0.05) is 36.4 Å². The molecule has 1 N–H and O–H groups in total. The molecule has 0 unspecified atom stereocenters. The van der Waals surface area contributed by atoms with Gasteiger partial charge in [-0.25, -0.2) is 9.78 Å². The van der Waals surface area contributed by atoms with E-state index in [0.29, 0.717) is 20.2 Å². The van der Waals surface area contributed by atoms with Crippen LogP contribution >= 0.6 is 22.6 Å². The lowest BCUT2D eigenvalue weighted by atomic mass is 10.1. The van der Waals surface area contributed by atoms with E-state index in [1.807, 2.05) is 65.1 Å². The Morgan fingerprint density at radius 3 is 2.59 bits per heavy atom. The number of esters is 1. The Kier molecular flexibility index (Phi) is 4.57. The molecule has 0 saturated carbocycles. The molecule has 0 bridgehead atoms. The smallest absolute Gasteiger partial charge is 0.360 e. The van der Waals surface area contributed by atoms with E-state index in [4.69, 9.17) is 4.74 Å². The van der Waals surface area contributed by atoms with Gasteiger partial charge in [0.15, 0.2) is 11.4 Å². The number of methoxy groups -OCH3 is 1. The molecule has 4 rings (SSSR count). The number of benzene rings is 3. The first-order chi connectivity index (χ1) is 13.1. The summed E-state index contributed by atoms with van der Waals surface area (Å²) in [4.78, 5) is 16.0. The fraction of sp³-hybridized carbons (Fsp3) is 0.0476. The van der Waals surface area contributed by atoms with Crippen LogP contribution in [0.2, 0.25) is 0 Å². The molecule has 134 valence electrons. The van der Waals surface area contributed by atoms with Crippen LogP contribution in [0, 0.1) is 3.70 Å². The number of carbonyl (C=O) groups excluding carboxylic acids is 1. The van der Waals surface area contributed by atoms with Crippen LogP contribution in [0.4, 0.5) is 0 Å². The second-order valence-corrected chi connectivity index (χ2v) is 6.90. The molecule has 0 radical (unpaired) electrons. The van der Waals surface area contributed by atoms with Gasteiger partial charge in [-0.3, -0.25) is 0 Å². The molecule has 4 aromatic rings. The van der Waals surface area contributed by atoms with E-state index >= 15 is 0 Å². The minimum atomic E-state index is -0.677. The summed E-state index contributed by atoms with van der Waals surface area (Å²) in [5.41, 5.74) is -0.0999. The largest absolute Gasteiger partial charge is 0.505 e. The van der Waals surface area contributed by atoms with Crippen molar-refractivity contribution >= 4 is 50.1 Å². The molecular weight excluding hydrogens is 457 g/mol. The SMILES string of the molecule is COC(=O)c1nc(I)c2cc(Oc3cccc4ccccc34)ccc2c1O. The Labute approximate surface area is 168 Å². The van der Waals surface area contributed by atoms with Crippen LogP contribution < -0.4 is 4.74 Å². The van der Waals surface area contributed by atoms with Crippen molar-refractivity contribution in [1.29, 1.82) is 0 Å². The van der Waals surface area contributed by atoms with Crippen LogP contribution in [0.25, 0.3) is 21.5 Å². The van der Waals surface area contributed by atoms with Gasteiger partial charge in [-0.2, -0.15) is 0 Å². The summed E-state index contributed by atoms with van der Waals surface area (Å²) in [6, 6.07) is 19.1. The van der Waals surface area contributed by atoms with E-state index in [0.717, 1.165) is 16.5 Å². The zero-order chi connectivity index (χ0) is 19.0. The molecule has 3 aromatic carbocycles. The Balaban J connectivity index is 1.80. The van der Waals surface area contributed by atoms with Gasteiger partial charge in [0.1, 0.15) is 15.2 Å². The van der Waals surface area contributed by atoms with E-state index in [-0.39, 0.29) is 11.4 Å². The summed E-state index contributed by atoms with van der Waals surface area (Å²) in [7, 11) is 1.25. The van der Waals surface area contributed by atoms with E-state index in [2.05, 4.69) is 9.72 Å². The Morgan fingerprint density at radius 1 is 1.00 bits per heavy atom. The number of hydrogen-bond donors (Lipinski definition) is 1. The summed E-state index contributed by atoms with van der Waals surface area (Å²) in [6.45, 7) is 0. The van der Waals surface area contributed by atoms with Crippen molar-refractivity contribution in [2.24, 2.45) is 0 Å². The molecule has 0 atom stereocenters.